The van der Waals surface area contributed by atoms with Gasteiger partial charge in [-0.05, 0) is 287 Å². The summed E-state index contributed by atoms with van der Waals surface area (Å²) in [5.74, 6) is 8.78. The second kappa shape index (κ2) is 35.2. The summed E-state index contributed by atoms with van der Waals surface area (Å²) in [6.45, 7) is 14.1. The topological polar surface area (TPSA) is 326 Å². The molecule has 24 nitrogen and oxygen atoms in total. The third-order valence-corrected chi connectivity index (χ3v) is 35.4. The van der Waals surface area contributed by atoms with E-state index < -0.39 is 51.1 Å². The quantitative estimate of drug-likeness (QED) is 0.0564. The van der Waals surface area contributed by atoms with Crippen LogP contribution in [0.3, 0.4) is 0 Å². The number of rotatable bonds is 7. The predicted octanol–water partition coefficient (Wildman–Crippen LogP) is 16.2. The van der Waals surface area contributed by atoms with Crippen molar-refractivity contribution in [3.63, 3.8) is 0 Å². The molecule has 10 spiro atoms. The number of carbonyl (C=O) groups is 5. The third kappa shape index (κ3) is 15.0. The fraction of sp³-hybridized carbons (Fsp3) is 0.542. The molecule has 29 heteroatoms. The average Bonchev–Trinajstić information content (AvgIpc) is 1.55. The standard InChI is InChI=1S/C25H26N4O.C23H26FN3O2.C21H26F3N3O2.C20H27N3O2.C18H22BrN3O/c1-16-9-11-24(12-10-16)15-19-8-7-18(17-5-4-6-20(13-17)27-2)14-21(19)25(24)22(30)29(3)23(26)28-25;1-27-20(28)23(26-21(27)25)18-11-15(6-5-14-3-4-14)19(24)12-16(18)13-22(23)9-7-17(29-2)8-10-22;1-27-17(28)21(26-18(27)25)16-11-13(5-10-20(22,23)24)3-4-14(16)12-19(21)8-6-15(29-2)7-9-19;1-4-13-5-6-14-12-19(9-7-15(25-3)8-10-19)20(16(14)11-13)17(24)23(2)18(21)22-20;1-11-5-7-17(8-6-11)10-12-3-4-13(19)9-14(12)18(17)15(23)22(2)16(20)21-18/h4-8,13-14,16H,9-12,15H2,1,3H3,(H2,26,28);11-12,14,17H,3-4,7-10,13H2,1-2H3,(H2,25,26);3-4,11,15H,5-10,12H2,1-2H3,(H2,25,26);5-6,11,15H,4,7-10,12H2,1-3H3,(H2,21,22);3-4,9,11H,5-8,10H2,1-2H3,(H2,20,21). The van der Waals surface area contributed by atoms with E-state index in [2.05, 4.69) is 108 Å². The zero-order valence-electron chi connectivity index (χ0n) is 80.0. The summed E-state index contributed by atoms with van der Waals surface area (Å²) in [6, 6.07) is 35.6. The number of fused-ring (bicyclic) bond motifs is 15. The van der Waals surface area contributed by atoms with Crippen LogP contribution in [-0.2, 0) is 111 Å². The van der Waals surface area contributed by atoms with Crippen molar-refractivity contribution in [2.45, 2.75) is 266 Å². The number of aryl methyl sites for hydroxylation is 2. The van der Waals surface area contributed by atoms with Crippen LogP contribution in [0, 0.1) is 69.1 Å². The molecular weight excluding hydrogens is 1790 g/mol. The SMILES string of the molecule is CC1CCC2(CC1)Cc1ccc(Br)cc1C21N=C(N)N(C)C1=O.CCc1ccc2c(c1)C1(N=C(N)N(C)C1=O)C1(CCC(OC)CC1)C2.COC1CCC2(CC1)Cc1cc(F)c(C#CC3CC3)cc1C21N=C(N)N(C)C1=O.COC1CCC2(CC1)Cc1ccc(CCC(F)(F)F)cc1C21N=C(N)N(C)C1=O.[C-]#[N+]c1cccc(-c2ccc3c(c2)C2(N=C(N)N(C)C2=O)C2(CCC(C)CC2)C3)c1. The molecule has 0 aromatic heterocycles. The maximum atomic E-state index is 14.8. The summed E-state index contributed by atoms with van der Waals surface area (Å²) < 4.78 is 70.6. The van der Waals surface area contributed by atoms with Crippen LogP contribution in [0.2, 0.25) is 0 Å². The number of guanidine groups is 5. The molecule has 10 N–H and O–H groups in total. The maximum absolute atomic E-state index is 14.8. The first-order chi connectivity index (χ1) is 64.8. The molecule has 6 aromatic carbocycles. The van der Waals surface area contributed by atoms with E-state index in [-0.39, 0.29) is 88.2 Å². The lowest BCUT2D eigenvalue weighted by Crippen LogP contribution is -2.51. The van der Waals surface area contributed by atoms with Crippen LogP contribution in [0.4, 0.5) is 23.2 Å². The number of hydrogen-bond acceptors (Lipinski definition) is 18. The highest BCUT2D eigenvalue weighted by atomic mass is 79.9. The summed E-state index contributed by atoms with van der Waals surface area (Å²) in [4.78, 5) is 103. The molecule has 0 bridgehead atoms. The van der Waals surface area contributed by atoms with Gasteiger partial charge in [0.25, 0.3) is 29.5 Å². The van der Waals surface area contributed by atoms with Gasteiger partial charge in [0.1, 0.15) is 5.82 Å². The molecule has 718 valence electrons. The molecule has 5 unspecified atom stereocenters. The van der Waals surface area contributed by atoms with Gasteiger partial charge in [-0.3, -0.25) is 48.5 Å². The normalized spacial score (nSPS) is 32.7. The van der Waals surface area contributed by atoms with Crippen LogP contribution in [0.1, 0.15) is 241 Å². The summed E-state index contributed by atoms with van der Waals surface area (Å²) in [5, 5.41) is 0. The maximum Gasteiger partial charge on any atom is 0.389 e. The third-order valence-electron chi connectivity index (χ3n) is 34.9. The number of alkyl halides is 3. The minimum Gasteiger partial charge on any atom is -0.381 e. The van der Waals surface area contributed by atoms with Crippen molar-refractivity contribution >= 4 is 81.0 Å². The Bertz CT molecular complexity index is 6130. The van der Waals surface area contributed by atoms with Crippen LogP contribution in [0.5, 0.6) is 0 Å². The van der Waals surface area contributed by atoms with Crippen molar-refractivity contribution in [3.8, 4) is 23.0 Å². The molecule has 6 saturated carbocycles. The Kier molecular flexibility index (Phi) is 24.7. The van der Waals surface area contributed by atoms with Crippen LogP contribution < -0.4 is 28.7 Å². The van der Waals surface area contributed by atoms with Crippen molar-refractivity contribution in [2.75, 3.05) is 56.6 Å². The molecule has 5 aliphatic heterocycles. The molecular formula is C107H127BrF4N16O8. The second-order valence-corrected chi connectivity index (χ2v) is 42.9. The van der Waals surface area contributed by atoms with E-state index in [1.165, 1.54) is 46.8 Å². The highest BCUT2D eigenvalue weighted by molar-refractivity contribution is 9.10. The molecule has 11 aliphatic carbocycles. The van der Waals surface area contributed by atoms with Crippen LogP contribution in [0.25, 0.3) is 16.0 Å². The molecule has 0 saturated heterocycles. The number of halogens is 5. The van der Waals surface area contributed by atoms with Gasteiger partial charge in [-0.1, -0.05) is 147 Å². The van der Waals surface area contributed by atoms with Gasteiger partial charge in [0.15, 0.2) is 63.2 Å². The zero-order chi connectivity index (χ0) is 96.7. The number of ether oxygens (including phenoxy) is 3. The Morgan fingerprint density at radius 1 is 0.434 bits per heavy atom. The van der Waals surface area contributed by atoms with Crippen LogP contribution in [-0.4, -0.2) is 165 Å². The van der Waals surface area contributed by atoms with Crippen molar-refractivity contribution in [1.82, 2.24) is 24.5 Å². The smallest absolute Gasteiger partial charge is 0.381 e. The molecule has 5 heterocycles. The Labute approximate surface area is 803 Å². The van der Waals surface area contributed by atoms with E-state index in [1.807, 2.05) is 30.3 Å². The lowest BCUT2D eigenvalue weighted by molar-refractivity contribution is -0.138. The summed E-state index contributed by atoms with van der Waals surface area (Å²) in [6.07, 6.45) is 21.4. The number of methoxy groups -OCH3 is 3. The van der Waals surface area contributed by atoms with E-state index in [4.69, 9.17) is 74.4 Å². The van der Waals surface area contributed by atoms with E-state index in [1.54, 1.807) is 80.8 Å². The molecule has 0 radical (unpaired) electrons. The van der Waals surface area contributed by atoms with Gasteiger partial charge in [0.2, 0.25) is 0 Å². The van der Waals surface area contributed by atoms with Crippen molar-refractivity contribution < 1.29 is 55.7 Å². The lowest BCUT2D eigenvalue weighted by Gasteiger charge is -2.45. The Hall–Kier alpha value is -10.9. The lowest BCUT2D eigenvalue weighted by atomic mass is 9.60. The zero-order valence-corrected chi connectivity index (χ0v) is 81.6. The molecule has 6 aromatic rings. The largest absolute Gasteiger partial charge is 0.389 e. The molecule has 22 rings (SSSR count). The van der Waals surface area contributed by atoms with Crippen molar-refractivity contribution in [3.05, 3.63) is 203 Å². The fourth-order valence-corrected chi connectivity index (χ4v) is 27.1. The summed E-state index contributed by atoms with van der Waals surface area (Å²) in [7, 11) is 13.7. The number of benzene rings is 6. The molecule has 5 amide bonds. The number of carbonyl (C=O) groups excluding carboxylic acids is 5. The minimum absolute atomic E-state index is 0.000335. The molecule has 136 heavy (non-hydrogen) atoms. The summed E-state index contributed by atoms with van der Waals surface area (Å²) >= 11 is 3.56. The average molecular weight is 1920 g/mol. The fourth-order valence-electron chi connectivity index (χ4n) is 26.7. The number of amides is 5. The first-order valence-electron chi connectivity index (χ1n) is 48.6. The number of aliphatic imine (C=N–C) groups is 5. The highest BCUT2D eigenvalue weighted by Gasteiger charge is 2.72. The van der Waals surface area contributed by atoms with Gasteiger partial charge in [-0.15, -0.1) is 0 Å². The van der Waals surface area contributed by atoms with Gasteiger partial charge >= 0.3 is 6.18 Å². The minimum atomic E-state index is -4.22. The van der Waals surface area contributed by atoms with Gasteiger partial charge in [0, 0.05) is 100 Å². The molecule has 16 aliphatic rings. The highest BCUT2D eigenvalue weighted by Crippen LogP contribution is 2.69. The van der Waals surface area contributed by atoms with E-state index in [9.17, 15) is 41.5 Å². The van der Waals surface area contributed by atoms with Gasteiger partial charge < -0.3 is 42.9 Å². The second-order valence-electron chi connectivity index (χ2n) is 42.0. The Morgan fingerprint density at radius 2 is 0.765 bits per heavy atom. The monoisotopic (exact) mass is 1920 g/mol. The van der Waals surface area contributed by atoms with Gasteiger partial charge in [-0.2, -0.15) is 13.2 Å². The number of likely N-dealkylation sites (N-methyl/N-ethyl adjacent to an activating group) is 5. The van der Waals surface area contributed by atoms with E-state index in [0.717, 1.165) is 227 Å². The first-order valence-corrected chi connectivity index (χ1v) is 49.4. The van der Waals surface area contributed by atoms with E-state index in [0.29, 0.717) is 59.4 Å². The molecule has 5 atom stereocenters. The molecule has 6 fully saturated rings. The van der Waals surface area contributed by atoms with Gasteiger partial charge in [0.05, 0.1) is 30.4 Å². The number of nitrogens with two attached hydrogens (primary N) is 5. The number of hydrogen-bond donors (Lipinski definition) is 5. The van der Waals surface area contributed by atoms with Crippen LogP contribution >= 0.6 is 15.9 Å². The summed E-state index contributed by atoms with van der Waals surface area (Å²) in [5.41, 5.74) is 39.5. The predicted molar refractivity (Wildman–Crippen MR) is 519 cm³/mol. The number of nitrogens with zero attached hydrogens (tertiary/aromatic N) is 11. The van der Waals surface area contributed by atoms with Gasteiger partial charge in [-0.25, -0.2) is 34.2 Å². The van der Waals surface area contributed by atoms with E-state index >= 15 is 0 Å². The Morgan fingerprint density at radius 3 is 1.12 bits per heavy atom. The first kappa shape index (κ1) is 95.5. The van der Waals surface area contributed by atoms with Crippen LogP contribution in [0.15, 0.2) is 139 Å². The Balaban J connectivity index is 0.000000114. The van der Waals surface area contributed by atoms with Crippen molar-refractivity contribution in [1.29, 1.82) is 0 Å². The van der Waals surface area contributed by atoms with Crippen molar-refractivity contribution in [2.24, 2.45) is 98.5 Å².